The van der Waals surface area contributed by atoms with Crippen LogP contribution in [0.2, 0.25) is 0 Å². The van der Waals surface area contributed by atoms with Crippen molar-refractivity contribution in [1.82, 2.24) is 0 Å². The Morgan fingerprint density at radius 2 is 2.00 bits per heavy atom. The van der Waals surface area contributed by atoms with Crippen LogP contribution in [0.5, 0.6) is 0 Å². The lowest BCUT2D eigenvalue weighted by Crippen LogP contribution is -3.15. The van der Waals surface area contributed by atoms with Gasteiger partial charge in [-0.25, -0.2) is 0 Å². The van der Waals surface area contributed by atoms with Crippen molar-refractivity contribution in [2.45, 2.75) is 5.92 Å². The van der Waals surface area contributed by atoms with Gasteiger partial charge < -0.3 is 9.64 Å². The molecule has 0 unspecified atom stereocenters. The zero-order chi connectivity index (χ0) is 12.8. The highest BCUT2D eigenvalue weighted by Crippen LogP contribution is 2.14. The third kappa shape index (κ3) is 3.16. The highest BCUT2D eigenvalue weighted by molar-refractivity contribution is 5.89. The van der Waals surface area contributed by atoms with Gasteiger partial charge >= 0.3 is 0 Å². The van der Waals surface area contributed by atoms with Crippen LogP contribution in [0.4, 0.5) is 0 Å². The third-order valence-electron chi connectivity index (χ3n) is 3.21. The maximum absolute atomic E-state index is 12.2. The Morgan fingerprint density at radius 3 is 2.61 bits per heavy atom. The molecule has 0 spiro atoms. The quantitative estimate of drug-likeness (QED) is 0.798. The van der Waals surface area contributed by atoms with Crippen molar-refractivity contribution >= 4 is 5.78 Å². The van der Waals surface area contributed by atoms with Crippen LogP contribution in [-0.2, 0) is 9.53 Å². The van der Waals surface area contributed by atoms with E-state index in [2.05, 4.69) is 6.07 Å². The molecule has 1 aliphatic heterocycles. The smallest absolute Gasteiger partial charge is 0.208 e. The summed E-state index contributed by atoms with van der Waals surface area (Å²) in [5.74, 6) is -0.637. The maximum atomic E-state index is 12.2. The predicted octanol–water partition coefficient (Wildman–Crippen LogP) is -0.222. The number of quaternary nitrogens is 1. The Kier molecular flexibility index (Phi) is 4.46. The van der Waals surface area contributed by atoms with Crippen LogP contribution in [0.25, 0.3) is 0 Å². The number of nitrogens with one attached hydrogen (secondary N) is 1. The van der Waals surface area contributed by atoms with Crippen LogP contribution < -0.4 is 4.90 Å². The molecule has 1 aliphatic rings. The highest BCUT2D eigenvalue weighted by atomic mass is 16.5. The SMILES string of the molecule is N#C[C@@H](C(=O)C[NH+]1CCOCC1)c1ccccc1. The van der Waals surface area contributed by atoms with Gasteiger partial charge in [0.15, 0.2) is 0 Å². The van der Waals surface area contributed by atoms with Gasteiger partial charge in [0.05, 0.1) is 19.3 Å². The summed E-state index contributed by atoms with van der Waals surface area (Å²) >= 11 is 0. The molecule has 2 rings (SSSR count). The van der Waals surface area contributed by atoms with Gasteiger partial charge in [-0.1, -0.05) is 30.3 Å². The second-order valence-electron chi connectivity index (χ2n) is 4.48. The van der Waals surface area contributed by atoms with Crippen LogP contribution in [-0.4, -0.2) is 38.6 Å². The zero-order valence-corrected chi connectivity index (χ0v) is 10.3. The van der Waals surface area contributed by atoms with Crippen molar-refractivity contribution in [2.24, 2.45) is 0 Å². The molecule has 1 aromatic carbocycles. The molecule has 1 N–H and O–H groups in total. The standard InChI is InChI=1S/C14H16N2O2/c15-10-13(12-4-2-1-3-5-12)14(17)11-16-6-8-18-9-7-16/h1-5,13H,6-9,11H2/p+1/t13-/m1/s1. The lowest BCUT2D eigenvalue weighted by atomic mass is 9.96. The molecule has 0 radical (unpaired) electrons. The van der Waals surface area contributed by atoms with Gasteiger partial charge in [-0.2, -0.15) is 5.26 Å². The average molecular weight is 245 g/mol. The monoisotopic (exact) mass is 245 g/mol. The van der Waals surface area contributed by atoms with E-state index in [4.69, 9.17) is 4.74 Å². The number of rotatable bonds is 4. The van der Waals surface area contributed by atoms with E-state index in [-0.39, 0.29) is 5.78 Å². The van der Waals surface area contributed by atoms with Crippen LogP contribution in [0.3, 0.4) is 0 Å². The molecule has 1 heterocycles. The van der Waals surface area contributed by atoms with Gasteiger partial charge in [-0.05, 0) is 5.56 Å². The Labute approximate surface area is 107 Å². The molecule has 0 aliphatic carbocycles. The summed E-state index contributed by atoms with van der Waals surface area (Å²) in [6.07, 6.45) is 0. The number of hydrogen-bond donors (Lipinski definition) is 1. The van der Waals surface area contributed by atoms with Crippen LogP contribution in [0, 0.1) is 11.3 Å². The summed E-state index contributed by atoms with van der Waals surface area (Å²) in [5, 5.41) is 9.17. The topological polar surface area (TPSA) is 54.5 Å². The molecule has 1 fully saturated rings. The summed E-state index contributed by atoms with van der Waals surface area (Å²) in [4.78, 5) is 13.4. The first-order valence-corrected chi connectivity index (χ1v) is 6.20. The number of ketones is 1. The van der Waals surface area contributed by atoms with E-state index >= 15 is 0 Å². The van der Waals surface area contributed by atoms with E-state index in [1.54, 1.807) is 0 Å². The number of benzene rings is 1. The Morgan fingerprint density at radius 1 is 1.33 bits per heavy atom. The summed E-state index contributed by atoms with van der Waals surface area (Å²) in [5.41, 5.74) is 0.789. The van der Waals surface area contributed by atoms with Crippen molar-refractivity contribution < 1.29 is 14.4 Å². The molecule has 18 heavy (non-hydrogen) atoms. The molecule has 1 atom stereocenters. The van der Waals surface area contributed by atoms with E-state index in [0.717, 1.165) is 18.7 Å². The molecule has 1 aromatic rings. The van der Waals surface area contributed by atoms with Crippen LogP contribution in [0.15, 0.2) is 30.3 Å². The fourth-order valence-corrected chi connectivity index (χ4v) is 2.16. The summed E-state index contributed by atoms with van der Waals surface area (Å²) < 4.78 is 5.26. The number of nitriles is 1. The fourth-order valence-electron chi connectivity index (χ4n) is 2.16. The second kappa shape index (κ2) is 6.29. The molecular formula is C14H17N2O2+. The Hall–Kier alpha value is -1.70. The first-order chi connectivity index (χ1) is 8.81. The van der Waals surface area contributed by atoms with E-state index in [1.807, 2.05) is 30.3 Å². The third-order valence-corrected chi connectivity index (χ3v) is 3.21. The van der Waals surface area contributed by atoms with Crippen molar-refractivity contribution in [3.05, 3.63) is 35.9 Å². The van der Waals surface area contributed by atoms with E-state index in [1.165, 1.54) is 4.90 Å². The molecule has 1 saturated heterocycles. The molecular weight excluding hydrogens is 228 g/mol. The minimum absolute atomic E-state index is 0.000556. The normalized spacial score (nSPS) is 17.9. The minimum Gasteiger partial charge on any atom is -0.370 e. The van der Waals surface area contributed by atoms with Crippen molar-refractivity contribution in [2.75, 3.05) is 32.8 Å². The van der Waals surface area contributed by atoms with E-state index < -0.39 is 5.92 Å². The molecule has 0 amide bonds. The Bertz CT molecular complexity index is 433. The van der Waals surface area contributed by atoms with Gasteiger partial charge in [-0.3, -0.25) is 4.79 Å². The summed E-state index contributed by atoms with van der Waals surface area (Å²) in [6, 6.07) is 11.4. The van der Waals surface area contributed by atoms with Gasteiger partial charge in [-0.15, -0.1) is 0 Å². The second-order valence-corrected chi connectivity index (χ2v) is 4.48. The van der Waals surface area contributed by atoms with Crippen molar-refractivity contribution in [3.8, 4) is 6.07 Å². The fraction of sp³-hybridized carbons (Fsp3) is 0.429. The van der Waals surface area contributed by atoms with Gasteiger partial charge in [0.2, 0.25) is 5.78 Å². The lowest BCUT2D eigenvalue weighted by molar-refractivity contribution is -0.900. The Balaban J connectivity index is 2.00. The van der Waals surface area contributed by atoms with E-state index in [9.17, 15) is 10.1 Å². The van der Waals surface area contributed by atoms with Gasteiger partial charge in [0.25, 0.3) is 0 Å². The summed E-state index contributed by atoms with van der Waals surface area (Å²) in [7, 11) is 0. The molecule has 0 aromatic heterocycles. The predicted molar refractivity (Wildman–Crippen MR) is 66.2 cm³/mol. The van der Waals surface area contributed by atoms with E-state index in [0.29, 0.717) is 19.8 Å². The molecule has 4 heteroatoms. The highest BCUT2D eigenvalue weighted by Gasteiger charge is 2.25. The number of morpholine rings is 1. The number of carbonyl (C=O) groups is 1. The first-order valence-electron chi connectivity index (χ1n) is 6.20. The lowest BCUT2D eigenvalue weighted by Gasteiger charge is -2.23. The first kappa shape index (κ1) is 12.7. The molecule has 4 nitrogen and oxygen atoms in total. The number of Topliss-reactive ketones (excluding diaryl/α,β-unsaturated/α-hetero) is 1. The number of hydrogen-bond acceptors (Lipinski definition) is 3. The number of nitrogens with zero attached hydrogens (tertiary/aromatic N) is 1. The average Bonchev–Trinajstić information content (AvgIpc) is 2.42. The van der Waals surface area contributed by atoms with Gasteiger partial charge in [0, 0.05) is 0 Å². The van der Waals surface area contributed by atoms with Gasteiger partial charge in [0.1, 0.15) is 25.6 Å². The van der Waals surface area contributed by atoms with Crippen molar-refractivity contribution in [1.29, 1.82) is 5.26 Å². The molecule has 0 saturated carbocycles. The number of ether oxygens (including phenoxy) is 1. The summed E-state index contributed by atoms with van der Waals surface area (Å²) in [6.45, 7) is 3.50. The zero-order valence-electron chi connectivity index (χ0n) is 10.3. The van der Waals surface area contributed by atoms with Crippen molar-refractivity contribution in [3.63, 3.8) is 0 Å². The molecule has 0 bridgehead atoms. The number of carbonyl (C=O) groups excluding carboxylic acids is 1. The van der Waals surface area contributed by atoms with Crippen LogP contribution >= 0.6 is 0 Å². The minimum atomic E-state index is -0.637. The largest absolute Gasteiger partial charge is 0.370 e. The van der Waals surface area contributed by atoms with Crippen LogP contribution in [0.1, 0.15) is 11.5 Å². The maximum Gasteiger partial charge on any atom is 0.208 e. The molecule has 94 valence electrons.